The van der Waals surface area contributed by atoms with E-state index in [9.17, 15) is 9.59 Å². The SMILES string of the molecule is COCc1ccccc1C(=O)NCCC(=O)N1CCN(c2ccccc2)CC1. The minimum absolute atomic E-state index is 0.0817. The molecule has 2 amide bonds. The third-order valence-corrected chi connectivity index (χ3v) is 4.94. The molecule has 0 unspecified atom stereocenters. The molecule has 1 N–H and O–H groups in total. The highest BCUT2D eigenvalue weighted by Gasteiger charge is 2.21. The Labute approximate surface area is 166 Å². The van der Waals surface area contributed by atoms with E-state index in [1.54, 1.807) is 13.2 Å². The molecular formula is C22H27N3O3. The van der Waals surface area contributed by atoms with Crippen molar-refractivity contribution in [1.29, 1.82) is 0 Å². The lowest BCUT2D eigenvalue weighted by atomic mass is 10.1. The molecule has 6 nitrogen and oxygen atoms in total. The Balaban J connectivity index is 1.43. The standard InChI is InChI=1S/C22H27N3O3/c1-28-17-18-7-5-6-10-20(18)22(27)23-12-11-21(26)25-15-13-24(14-16-25)19-8-3-2-4-9-19/h2-10H,11-17H2,1H3,(H,23,27). The molecular weight excluding hydrogens is 354 g/mol. The number of para-hydroxylation sites is 1. The number of hydrogen-bond acceptors (Lipinski definition) is 4. The summed E-state index contributed by atoms with van der Waals surface area (Å²) in [6, 6.07) is 17.6. The molecule has 0 aromatic heterocycles. The second kappa shape index (κ2) is 9.90. The maximum Gasteiger partial charge on any atom is 0.251 e. The number of methoxy groups -OCH3 is 1. The number of nitrogens with zero attached hydrogens (tertiary/aromatic N) is 2. The predicted molar refractivity (Wildman–Crippen MR) is 109 cm³/mol. The van der Waals surface area contributed by atoms with Crippen LogP contribution >= 0.6 is 0 Å². The van der Waals surface area contributed by atoms with Crippen LogP contribution in [-0.4, -0.2) is 56.5 Å². The van der Waals surface area contributed by atoms with Crippen LogP contribution in [0.3, 0.4) is 0 Å². The first-order valence-electron chi connectivity index (χ1n) is 9.62. The maximum absolute atomic E-state index is 12.5. The minimum Gasteiger partial charge on any atom is -0.380 e. The van der Waals surface area contributed by atoms with E-state index in [2.05, 4.69) is 22.3 Å². The van der Waals surface area contributed by atoms with Crippen LogP contribution in [0.5, 0.6) is 0 Å². The number of rotatable bonds is 7. The summed E-state index contributed by atoms with van der Waals surface area (Å²) in [6.45, 7) is 3.78. The van der Waals surface area contributed by atoms with Crippen LogP contribution in [-0.2, 0) is 16.1 Å². The summed E-state index contributed by atoms with van der Waals surface area (Å²) in [5.41, 5.74) is 2.62. The topological polar surface area (TPSA) is 61.9 Å². The van der Waals surface area contributed by atoms with Gasteiger partial charge in [-0.25, -0.2) is 0 Å². The zero-order valence-corrected chi connectivity index (χ0v) is 16.3. The smallest absolute Gasteiger partial charge is 0.251 e. The molecule has 2 aromatic rings. The molecule has 28 heavy (non-hydrogen) atoms. The van der Waals surface area contributed by atoms with E-state index >= 15 is 0 Å². The summed E-state index contributed by atoms with van der Waals surface area (Å²) in [4.78, 5) is 29.0. The van der Waals surface area contributed by atoms with Crippen molar-refractivity contribution in [3.05, 3.63) is 65.7 Å². The number of nitrogens with one attached hydrogen (secondary N) is 1. The molecule has 0 bridgehead atoms. The van der Waals surface area contributed by atoms with Crippen molar-refractivity contribution in [3.8, 4) is 0 Å². The highest BCUT2D eigenvalue weighted by atomic mass is 16.5. The van der Waals surface area contributed by atoms with Gasteiger partial charge in [0.25, 0.3) is 5.91 Å². The first-order valence-corrected chi connectivity index (χ1v) is 9.62. The Morgan fingerprint density at radius 3 is 2.36 bits per heavy atom. The predicted octanol–water partition coefficient (Wildman–Crippen LogP) is 2.30. The Morgan fingerprint density at radius 2 is 1.64 bits per heavy atom. The number of carbonyl (C=O) groups is 2. The molecule has 3 rings (SSSR count). The van der Waals surface area contributed by atoms with Crippen molar-refractivity contribution in [2.75, 3.05) is 44.7 Å². The fourth-order valence-electron chi connectivity index (χ4n) is 3.41. The summed E-state index contributed by atoms with van der Waals surface area (Å²) in [5.74, 6) is -0.0902. The fraction of sp³-hybridized carbons (Fsp3) is 0.364. The first-order chi connectivity index (χ1) is 13.7. The Morgan fingerprint density at radius 1 is 0.964 bits per heavy atom. The molecule has 1 heterocycles. The third kappa shape index (κ3) is 5.10. The lowest BCUT2D eigenvalue weighted by Crippen LogP contribution is -2.49. The average molecular weight is 381 g/mol. The second-order valence-electron chi connectivity index (χ2n) is 6.80. The van der Waals surface area contributed by atoms with E-state index in [1.165, 1.54) is 5.69 Å². The van der Waals surface area contributed by atoms with Gasteiger partial charge in [0.15, 0.2) is 0 Å². The third-order valence-electron chi connectivity index (χ3n) is 4.94. The van der Waals surface area contributed by atoms with Gasteiger partial charge in [-0.15, -0.1) is 0 Å². The van der Waals surface area contributed by atoms with E-state index in [1.807, 2.05) is 41.3 Å². The normalized spacial score (nSPS) is 14.0. The maximum atomic E-state index is 12.5. The molecule has 1 aliphatic rings. The molecule has 0 saturated carbocycles. The molecule has 0 radical (unpaired) electrons. The van der Waals surface area contributed by atoms with Gasteiger partial charge in [-0.3, -0.25) is 9.59 Å². The van der Waals surface area contributed by atoms with Crippen molar-refractivity contribution >= 4 is 17.5 Å². The van der Waals surface area contributed by atoms with Crippen LogP contribution in [0.1, 0.15) is 22.3 Å². The Kier molecular flexibility index (Phi) is 7.03. The van der Waals surface area contributed by atoms with Gasteiger partial charge in [0.1, 0.15) is 0 Å². The lowest BCUT2D eigenvalue weighted by Gasteiger charge is -2.36. The van der Waals surface area contributed by atoms with Crippen molar-refractivity contribution in [1.82, 2.24) is 10.2 Å². The second-order valence-corrected chi connectivity index (χ2v) is 6.80. The zero-order chi connectivity index (χ0) is 19.8. The van der Waals surface area contributed by atoms with Crippen molar-refractivity contribution in [2.24, 2.45) is 0 Å². The van der Waals surface area contributed by atoms with Gasteiger partial charge in [0.05, 0.1) is 6.61 Å². The number of benzene rings is 2. The quantitative estimate of drug-likeness (QED) is 0.800. The molecule has 6 heteroatoms. The van der Waals surface area contributed by atoms with E-state index in [4.69, 9.17) is 4.74 Å². The summed E-state index contributed by atoms with van der Waals surface area (Å²) in [5, 5.41) is 2.85. The van der Waals surface area contributed by atoms with Crippen LogP contribution in [0, 0.1) is 0 Å². The molecule has 1 fully saturated rings. The first kappa shape index (κ1) is 19.9. The number of ether oxygens (including phenoxy) is 1. The van der Waals surface area contributed by atoms with Crippen molar-refractivity contribution < 1.29 is 14.3 Å². The van der Waals surface area contributed by atoms with Gasteiger partial charge >= 0.3 is 0 Å². The molecule has 1 aliphatic heterocycles. The van der Waals surface area contributed by atoms with Crippen LogP contribution in [0.4, 0.5) is 5.69 Å². The molecule has 148 valence electrons. The van der Waals surface area contributed by atoms with E-state index in [0.717, 1.165) is 18.7 Å². The molecule has 0 spiro atoms. The number of amides is 2. The van der Waals surface area contributed by atoms with Crippen LogP contribution in [0.2, 0.25) is 0 Å². The number of piperazine rings is 1. The van der Waals surface area contributed by atoms with Crippen molar-refractivity contribution in [3.63, 3.8) is 0 Å². The van der Waals surface area contributed by atoms with Gasteiger partial charge < -0.3 is 19.9 Å². The van der Waals surface area contributed by atoms with Gasteiger partial charge in [-0.1, -0.05) is 36.4 Å². The average Bonchev–Trinajstić information content (AvgIpc) is 2.75. The number of carbonyl (C=O) groups excluding carboxylic acids is 2. The molecule has 2 aromatic carbocycles. The van der Waals surface area contributed by atoms with Gasteiger partial charge in [0, 0.05) is 57.5 Å². The summed E-state index contributed by atoms with van der Waals surface area (Å²) in [7, 11) is 1.60. The summed E-state index contributed by atoms with van der Waals surface area (Å²) < 4.78 is 5.14. The molecule has 1 saturated heterocycles. The largest absolute Gasteiger partial charge is 0.380 e. The lowest BCUT2D eigenvalue weighted by molar-refractivity contribution is -0.131. The van der Waals surface area contributed by atoms with Crippen LogP contribution in [0.25, 0.3) is 0 Å². The van der Waals surface area contributed by atoms with E-state index in [-0.39, 0.29) is 11.8 Å². The molecule has 0 atom stereocenters. The monoisotopic (exact) mass is 381 g/mol. The van der Waals surface area contributed by atoms with Crippen LogP contribution < -0.4 is 10.2 Å². The highest BCUT2D eigenvalue weighted by Crippen LogP contribution is 2.16. The van der Waals surface area contributed by atoms with Crippen LogP contribution in [0.15, 0.2) is 54.6 Å². The van der Waals surface area contributed by atoms with Gasteiger partial charge in [-0.05, 0) is 23.8 Å². The molecule has 0 aliphatic carbocycles. The van der Waals surface area contributed by atoms with E-state index in [0.29, 0.717) is 38.2 Å². The minimum atomic E-state index is -0.172. The zero-order valence-electron chi connectivity index (χ0n) is 16.3. The summed E-state index contributed by atoms with van der Waals surface area (Å²) in [6.07, 6.45) is 0.309. The fourth-order valence-corrected chi connectivity index (χ4v) is 3.41. The Hall–Kier alpha value is -2.86. The van der Waals surface area contributed by atoms with Crippen molar-refractivity contribution in [2.45, 2.75) is 13.0 Å². The highest BCUT2D eigenvalue weighted by molar-refractivity contribution is 5.95. The van der Waals surface area contributed by atoms with E-state index < -0.39 is 0 Å². The van der Waals surface area contributed by atoms with Gasteiger partial charge in [-0.2, -0.15) is 0 Å². The number of anilines is 1. The number of hydrogen-bond donors (Lipinski definition) is 1. The van der Waals surface area contributed by atoms with Gasteiger partial charge in [0.2, 0.25) is 5.91 Å². The summed E-state index contributed by atoms with van der Waals surface area (Å²) >= 11 is 0. The Bertz CT molecular complexity index is 787.